The van der Waals surface area contributed by atoms with Gasteiger partial charge in [0.25, 0.3) is 0 Å². The molecule has 1 heterocycles. The highest BCUT2D eigenvalue weighted by Gasteiger charge is 2.47. The van der Waals surface area contributed by atoms with Crippen LogP contribution in [0.1, 0.15) is 68.2 Å². The van der Waals surface area contributed by atoms with Crippen LogP contribution in [-0.2, 0) is 4.74 Å². The van der Waals surface area contributed by atoms with E-state index >= 15 is 0 Å². The van der Waals surface area contributed by atoms with Crippen molar-refractivity contribution in [1.29, 1.82) is 0 Å². The molecular formula is C16H33FO2. The Labute approximate surface area is 118 Å². The normalized spacial score (nSPS) is 24.0. The highest BCUT2D eigenvalue weighted by molar-refractivity contribution is 4.97. The van der Waals surface area contributed by atoms with Crippen LogP contribution in [0.25, 0.3) is 0 Å². The second kappa shape index (κ2) is 5.69. The average Bonchev–Trinajstić information content (AvgIpc) is 2.07. The van der Waals surface area contributed by atoms with Gasteiger partial charge in [0, 0.05) is 0 Å². The molecule has 116 valence electrons. The zero-order chi connectivity index (χ0) is 14.2. The average molecular weight is 276 g/mol. The molecule has 0 unspecified atom stereocenters. The second-order valence-corrected chi connectivity index (χ2v) is 7.84. The lowest BCUT2D eigenvalue weighted by atomic mass is 9.66. The van der Waals surface area contributed by atoms with Gasteiger partial charge in [-0.05, 0) is 30.1 Å². The molecule has 0 amide bonds. The number of hydrogen-bond acceptors (Lipinski definition) is 2. The first kappa shape index (κ1) is 18.9. The van der Waals surface area contributed by atoms with E-state index in [-0.39, 0.29) is 18.3 Å². The molecule has 1 aliphatic heterocycles. The van der Waals surface area contributed by atoms with E-state index in [1.165, 1.54) is 0 Å². The summed E-state index contributed by atoms with van der Waals surface area (Å²) >= 11 is 0. The first-order valence-corrected chi connectivity index (χ1v) is 6.90. The van der Waals surface area contributed by atoms with Crippen LogP contribution >= 0.6 is 0 Å². The minimum absolute atomic E-state index is 0. The van der Waals surface area contributed by atoms with Crippen LogP contribution in [0.3, 0.4) is 0 Å². The number of alkyl halides is 1. The summed E-state index contributed by atoms with van der Waals surface area (Å²) in [6.45, 7) is 13.0. The van der Waals surface area contributed by atoms with Crippen LogP contribution < -0.4 is 0 Å². The lowest BCUT2D eigenvalue weighted by molar-refractivity contribution is -0.228. The Morgan fingerprint density at radius 3 is 1.37 bits per heavy atom. The van der Waals surface area contributed by atoms with Crippen molar-refractivity contribution in [3.63, 3.8) is 0 Å². The summed E-state index contributed by atoms with van der Waals surface area (Å²) in [5.41, 5.74) is -1.57. The minimum Gasteiger partial charge on any atom is -0.385 e. The van der Waals surface area contributed by atoms with Gasteiger partial charge >= 0.3 is 0 Å². The van der Waals surface area contributed by atoms with Crippen molar-refractivity contribution < 1.29 is 14.2 Å². The zero-order valence-electron chi connectivity index (χ0n) is 12.8. The smallest absolute Gasteiger partial charge is 0.116 e. The van der Waals surface area contributed by atoms with Gasteiger partial charge in [-0.1, -0.05) is 49.0 Å². The minimum atomic E-state index is -0.840. The van der Waals surface area contributed by atoms with Crippen molar-refractivity contribution in [2.45, 2.75) is 79.5 Å². The van der Waals surface area contributed by atoms with Gasteiger partial charge < -0.3 is 9.84 Å². The SMILES string of the molecule is C.CC(C)(C)C1(F)CCC1.CC(C)(C)C1(O)COC1. The maximum absolute atomic E-state index is 13.4. The summed E-state index contributed by atoms with van der Waals surface area (Å²) in [5.74, 6) is 0. The Balaban J connectivity index is 0.000000324. The third-order valence-corrected chi connectivity index (χ3v) is 4.57. The summed E-state index contributed by atoms with van der Waals surface area (Å²) in [6.07, 6.45) is 2.63. The number of halogens is 1. The van der Waals surface area contributed by atoms with E-state index in [4.69, 9.17) is 4.74 Å². The fraction of sp³-hybridized carbons (Fsp3) is 1.00. The standard InChI is InChI=1S/C8H15F.C7H14O2.CH4/c1-7(2,3)8(9)5-4-6-8;1-6(2,3)7(8)4-9-5-7;/h4-6H2,1-3H3;8H,4-5H2,1-3H3;1H4. The van der Waals surface area contributed by atoms with E-state index in [1.54, 1.807) is 0 Å². The van der Waals surface area contributed by atoms with Crippen LogP contribution in [0.2, 0.25) is 0 Å². The zero-order valence-corrected chi connectivity index (χ0v) is 12.8. The predicted molar refractivity (Wildman–Crippen MR) is 79.1 cm³/mol. The fourth-order valence-electron chi connectivity index (χ4n) is 1.97. The molecule has 2 rings (SSSR count). The molecule has 1 saturated carbocycles. The first-order valence-electron chi connectivity index (χ1n) is 6.90. The maximum Gasteiger partial charge on any atom is 0.116 e. The molecule has 1 N–H and O–H groups in total. The summed E-state index contributed by atoms with van der Waals surface area (Å²) in [6, 6.07) is 0. The summed E-state index contributed by atoms with van der Waals surface area (Å²) in [4.78, 5) is 0. The van der Waals surface area contributed by atoms with Crippen molar-refractivity contribution in [3.8, 4) is 0 Å². The Bertz CT molecular complexity index is 248. The molecule has 0 atom stereocenters. The Hall–Kier alpha value is -0.150. The Kier molecular flexibility index (Phi) is 5.64. The lowest BCUT2D eigenvalue weighted by Gasteiger charge is -2.46. The van der Waals surface area contributed by atoms with E-state index < -0.39 is 11.3 Å². The van der Waals surface area contributed by atoms with E-state index in [9.17, 15) is 9.50 Å². The molecule has 3 heteroatoms. The summed E-state index contributed by atoms with van der Waals surface area (Å²) < 4.78 is 18.3. The monoisotopic (exact) mass is 276 g/mol. The van der Waals surface area contributed by atoms with Gasteiger partial charge in [0.15, 0.2) is 0 Å². The van der Waals surface area contributed by atoms with Crippen molar-refractivity contribution >= 4 is 0 Å². The van der Waals surface area contributed by atoms with Crippen molar-refractivity contribution in [2.75, 3.05) is 13.2 Å². The molecule has 0 bridgehead atoms. The molecule has 0 aromatic heterocycles. The Morgan fingerprint density at radius 1 is 0.947 bits per heavy atom. The molecular weight excluding hydrogens is 243 g/mol. The highest BCUT2D eigenvalue weighted by atomic mass is 19.1. The lowest BCUT2D eigenvalue weighted by Crippen LogP contribution is -2.58. The van der Waals surface area contributed by atoms with Crippen LogP contribution in [0.5, 0.6) is 0 Å². The molecule has 19 heavy (non-hydrogen) atoms. The second-order valence-electron chi connectivity index (χ2n) is 7.84. The quantitative estimate of drug-likeness (QED) is 0.712. The van der Waals surface area contributed by atoms with E-state index in [2.05, 4.69) is 0 Å². The van der Waals surface area contributed by atoms with Crippen molar-refractivity contribution in [1.82, 2.24) is 0 Å². The van der Waals surface area contributed by atoms with Crippen LogP contribution in [0.4, 0.5) is 4.39 Å². The molecule has 2 fully saturated rings. The van der Waals surface area contributed by atoms with Gasteiger partial charge in [0.1, 0.15) is 11.3 Å². The topological polar surface area (TPSA) is 29.5 Å². The molecule has 0 spiro atoms. The number of hydrogen-bond donors (Lipinski definition) is 1. The summed E-state index contributed by atoms with van der Waals surface area (Å²) in [5, 5.41) is 9.62. The highest BCUT2D eigenvalue weighted by Crippen LogP contribution is 2.48. The summed E-state index contributed by atoms with van der Waals surface area (Å²) in [7, 11) is 0. The number of rotatable bonds is 0. The largest absolute Gasteiger partial charge is 0.385 e. The first-order chi connectivity index (χ1) is 7.91. The van der Waals surface area contributed by atoms with Gasteiger partial charge in [0.05, 0.1) is 13.2 Å². The van der Waals surface area contributed by atoms with Gasteiger partial charge in [0.2, 0.25) is 0 Å². The van der Waals surface area contributed by atoms with E-state index in [1.807, 2.05) is 41.5 Å². The molecule has 0 aromatic rings. The van der Waals surface area contributed by atoms with E-state index in [0.29, 0.717) is 13.2 Å². The molecule has 2 aliphatic rings. The van der Waals surface area contributed by atoms with Gasteiger partial charge in [-0.2, -0.15) is 0 Å². The van der Waals surface area contributed by atoms with Crippen molar-refractivity contribution in [2.24, 2.45) is 10.8 Å². The molecule has 2 nitrogen and oxygen atoms in total. The van der Waals surface area contributed by atoms with Crippen LogP contribution in [0, 0.1) is 10.8 Å². The predicted octanol–water partition coefficient (Wildman–Crippen LogP) is 4.35. The van der Waals surface area contributed by atoms with Gasteiger partial charge in [-0.3, -0.25) is 0 Å². The molecule has 1 saturated heterocycles. The van der Waals surface area contributed by atoms with Crippen LogP contribution in [-0.4, -0.2) is 29.6 Å². The van der Waals surface area contributed by atoms with Crippen molar-refractivity contribution in [3.05, 3.63) is 0 Å². The van der Waals surface area contributed by atoms with E-state index in [0.717, 1.165) is 19.3 Å². The Morgan fingerprint density at radius 2 is 1.37 bits per heavy atom. The van der Waals surface area contributed by atoms with Gasteiger partial charge in [-0.15, -0.1) is 0 Å². The molecule has 1 aliphatic carbocycles. The molecule has 0 radical (unpaired) electrons. The third-order valence-electron chi connectivity index (χ3n) is 4.57. The molecule has 0 aromatic carbocycles. The van der Waals surface area contributed by atoms with Crippen LogP contribution in [0.15, 0.2) is 0 Å². The fourth-order valence-corrected chi connectivity index (χ4v) is 1.97. The number of ether oxygens (including phenoxy) is 1. The number of aliphatic hydroxyl groups is 1. The third kappa shape index (κ3) is 3.91. The maximum atomic E-state index is 13.4. The van der Waals surface area contributed by atoms with Gasteiger partial charge in [-0.25, -0.2) is 4.39 Å².